The Balaban J connectivity index is 1.49. The average molecular weight is 473 g/mol. The van der Waals surface area contributed by atoms with Gasteiger partial charge >= 0.3 is 0 Å². The fraction of sp³-hybridized carbons (Fsp3) is 0.238. The molecule has 0 radical (unpaired) electrons. The smallest absolute Gasteiger partial charge is 0.297 e. The van der Waals surface area contributed by atoms with E-state index in [-0.39, 0.29) is 17.9 Å². The summed E-state index contributed by atoms with van der Waals surface area (Å²) in [5.74, 6) is 0.900. The zero-order valence-corrected chi connectivity index (χ0v) is 19.0. The molecule has 2 aromatic carbocycles. The molecule has 2 heterocycles. The van der Waals surface area contributed by atoms with Crippen molar-refractivity contribution in [1.29, 1.82) is 0 Å². The molecule has 0 amide bonds. The van der Waals surface area contributed by atoms with Crippen LogP contribution in [-0.4, -0.2) is 53.1 Å². The van der Waals surface area contributed by atoms with Crippen LogP contribution in [0.5, 0.6) is 5.75 Å². The van der Waals surface area contributed by atoms with E-state index in [1.54, 1.807) is 33.6 Å². The van der Waals surface area contributed by atoms with Gasteiger partial charge in [0.15, 0.2) is 5.69 Å². The number of benzene rings is 2. The maximum Gasteiger partial charge on any atom is 0.297 e. The van der Waals surface area contributed by atoms with Crippen molar-refractivity contribution in [1.82, 2.24) is 29.6 Å². The van der Waals surface area contributed by atoms with Crippen molar-refractivity contribution in [3.63, 3.8) is 0 Å². The van der Waals surface area contributed by atoms with E-state index in [2.05, 4.69) is 15.5 Å². The minimum atomic E-state index is -0.765. The molecule has 4 aromatic rings. The van der Waals surface area contributed by atoms with E-state index in [1.165, 1.54) is 16.4 Å². The molecule has 11 heteroatoms. The third-order valence-electron chi connectivity index (χ3n) is 4.84. The van der Waals surface area contributed by atoms with Gasteiger partial charge in [0.05, 0.1) is 17.5 Å². The highest BCUT2D eigenvalue weighted by molar-refractivity contribution is 7.99. The van der Waals surface area contributed by atoms with Crippen LogP contribution in [0.3, 0.4) is 0 Å². The topological polar surface area (TPSA) is 100.0 Å². The summed E-state index contributed by atoms with van der Waals surface area (Å²) < 4.78 is 10.3. The summed E-state index contributed by atoms with van der Waals surface area (Å²) in [4.78, 5) is 13.2. The number of aromatic nitrogens is 6. The van der Waals surface area contributed by atoms with E-state index in [9.17, 15) is 9.90 Å². The van der Waals surface area contributed by atoms with Gasteiger partial charge in [-0.3, -0.25) is 9.48 Å². The summed E-state index contributed by atoms with van der Waals surface area (Å²) in [6.45, 7) is 1.93. The highest BCUT2D eigenvalue weighted by atomic mass is 35.5. The van der Waals surface area contributed by atoms with E-state index in [0.29, 0.717) is 27.3 Å². The number of nitrogens with zero attached hydrogens (tertiary/aromatic N) is 6. The van der Waals surface area contributed by atoms with Gasteiger partial charge in [-0.15, -0.1) is 5.10 Å². The van der Waals surface area contributed by atoms with Gasteiger partial charge in [-0.2, -0.15) is 4.68 Å². The molecule has 1 unspecified atom stereocenters. The number of hydrogen-bond acceptors (Lipinski definition) is 7. The molecule has 2 aromatic heterocycles. The second kappa shape index (κ2) is 9.60. The Hall–Kier alpha value is -3.08. The average Bonchev–Trinajstić information content (AvgIpc) is 3.34. The highest BCUT2D eigenvalue weighted by Crippen LogP contribution is 2.21. The summed E-state index contributed by atoms with van der Waals surface area (Å²) in [6, 6.07) is 16.3. The molecule has 0 bridgehead atoms. The fourth-order valence-electron chi connectivity index (χ4n) is 3.15. The molecule has 9 nitrogen and oxygen atoms in total. The lowest BCUT2D eigenvalue weighted by molar-refractivity contribution is 0.126. The fourth-order valence-corrected chi connectivity index (χ4v) is 4.06. The van der Waals surface area contributed by atoms with Gasteiger partial charge in [-0.05, 0) is 53.7 Å². The molecule has 0 aliphatic rings. The van der Waals surface area contributed by atoms with Crippen LogP contribution in [0, 0.1) is 6.92 Å². The normalized spacial score (nSPS) is 12.1. The standard InChI is InChI=1S/C21H21ClN6O3S/c1-14-19(20(30)28(26(14)2)16-6-4-3-5-7-16)27-21(23-24-25-27)32-13-17(29)12-31-18-10-8-15(22)9-11-18/h3-11,17,29H,12-13H2,1-2H3. The number of para-hydroxylation sites is 1. The van der Waals surface area contributed by atoms with Crippen LogP contribution in [0.2, 0.25) is 5.02 Å². The Labute approximate surface area is 193 Å². The third-order valence-corrected chi connectivity index (χ3v) is 6.15. The van der Waals surface area contributed by atoms with Crippen molar-refractivity contribution in [2.45, 2.75) is 18.2 Å². The second-order valence-electron chi connectivity index (χ2n) is 7.01. The van der Waals surface area contributed by atoms with Crippen LogP contribution >= 0.6 is 23.4 Å². The van der Waals surface area contributed by atoms with E-state index >= 15 is 0 Å². The van der Waals surface area contributed by atoms with E-state index in [1.807, 2.05) is 44.3 Å². The van der Waals surface area contributed by atoms with Crippen molar-refractivity contribution < 1.29 is 9.84 Å². The van der Waals surface area contributed by atoms with Gasteiger partial charge in [0.2, 0.25) is 5.16 Å². The maximum absolute atomic E-state index is 13.2. The molecule has 1 atom stereocenters. The van der Waals surface area contributed by atoms with Crippen LogP contribution < -0.4 is 10.3 Å². The Morgan fingerprint density at radius 3 is 2.59 bits per heavy atom. The number of hydrogen-bond donors (Lipinski definition) is 1. The maximum atomic E-state index is 13.2. The highest BCUT2D eigenvalue weighted by Gasteiger charge is 2.22. The lowest BCUT2D eigenvalue weighted by Gasteiger charge is -2.11. The Bertz CT molecular complexity index is 1250. The van der Waals surface area contributed by atoms with Gasteiger partial charge in [0, 0.05) is 17.8 Å². The largest absolute Gasteiger partial charge is 0.491 e. The molecule has 1 N–H and O–H groups in total. The Morgan fingerprint density at radius 2 is 1.88 bits per heavy atom. The van der Waals surface area contributed by atoms with E-state index in [4.69, 9.17) is 16.3 Å². The summed E-state index contributed by atoms with van der Waals surface area (Å²) in [7, 11) is 1.81. The first kappa shape index (κ1) is 22.1. The van der Waals surface area contributed by atoms with E-state index in [0.717, 1.165) is 5.69 Å². The summed E-state index contributed by atoms with van der Waals surface area (Å²) >= 11 is 7.10. The number of tetrazole rings is 1. The monoisotopic (exact) mass is 472 g/mol. The van der Waals surface area contributed by atoms with Crippen molar-refractivity contribution in [3.8, 4) is 17.1 Å². The quantitative estimate of drug-likeness (QED) is 0.393. The molecule has 0 spiro atoms. The number of aliphatic hydroxyl groups is 1. The Kier molecular flexibility index (Phi) is 6.63. The first-order valence-electron chi connectivity index (χ1n) is 9.77. The minimum Gasteiger partial charge on any atom is -0.491 e. The first-order chi connectivity index (χ1) is 15.5. The molecule has 0 saturated carbocycles. The SMILES string of the molecule is Cc1c(-n2nnnc2SCC(O)COc2ccc(Cl)cc2)c(=O)n(-c2ccccc2)n1C. The second-order valence-corrected chi connectivity index (χ2v) is 8.44. The third kappa shape index (κ3) is 4.57. The predicted octanol–water partition coefficient (Wildman–Crippen LogP) is 2.65. The summed E-state index contributed by atoms with van der Waals surface area (Å²) in [6.07, 6.45) is -0.765. The lowest BCUT2D eigenvalue weighted by Crippen LogP contribution is -2.22. The molecule has 32 heavy (non-hydrogen) atoms. The van der Waals surface area contributed by atoms with Crippen LogP contribution in [0.25, 0.3) is 11.4 Å². The van der Waals surface area contributed by atoms with Crippen LogP contribution in [0.15, 0.2) is 64.5 Å². The number of aliphatic hydroxyl groups excluding tert-OH is 1. The lowest BCUT2D eigenvalue weighted by atomic mass is 10.3. The molecule has 0 aliphatic heterocycles. The Morgan fingerprint density at radius 1 is 1.16 bits per heavy atom. The molecular weight excluding hydrogens is 452 g/mol. The van der Waals surface area contributed by atoms with Crippen molar-refractivity contribution in [2.75, 3.05) is 12.4 Å². The van der Waals surface area contributed by atoms with Gasteiger partial charge in [-0.25, -0.2) is 4.68 Å². The number of rotatable bonds is 8. The van der Waals surface area contributed by atoms with E-state index < -0.39 is 6.10 Å². The van der Waals surface area contributed by atoms with Crippen LogP contribution in [-0.2, 0) is 7.05 Å². The zero-order valence-electron chi connectivity index (χ0n) is 17.4. The number of thioether (sulfide) groups is 1. The van der Waals surface area contributed by atoms with Crippen molar-refractivity contribution in [2.24, 2.45) is 7.05 Å². The predicted molar refractivity (Wildman–Crippen MR) is 122 cm³/mol. The van der Waals surface area contributed by atoms with Gasteiger partial charge < -0.3 is 9.84 Å². The van der Waals surface area contributed by atoms with Crippen molar-refractivity contribution in [3.05, 3.63) is 75.7 Å². The molecule has 4 rings (SSSR count). The molecule has 0 fully saturated rings. The first-order valence-corrected chi connectivity index (χ1v) is 11.1. The van der Waals surface area contributed by atoms with Gasteiger partial charge in [0.1, 0.15) is 12.4 Å². The molecule has 166 valence electrons. The number of ether oxygens (including phenoxy) is 1. The van der Waals surface area contributed by atoms with Crippen molar-refractivity contribution >= 4 is 23.4 Å². The molecular formula is C21H21ClN6O3S. The minimum absolute atomic E-state index is 0.0986. The molecule has 0 saturated heterocycles. The van der Waals surface area contributed by atoms with Gasteiger partial charge in [0.25, 0.3) is 5.56 Å². The molecule has 0 aliphatic carbocycles. The van der Waals surface area contributed by atoms with Gasteiger partial charge in [-0.1, -0.05) is 41.6 Å². The van der Waals surface area contributed by atoms with Crippen LogP contribution in [0.1, 0.15) is 5.69 Å². The summed E-state index contributed by atoms with van der Waals surface area (Å²) in [5.41, 5.74) is 1.57. The van der Waals surface area contributed by atoms with Crippen LogP contribution in [0.4, 0.5) is 0 Å². The number of halogens is 1. The summed E-state index contributed by atoms with van der Waals surface area (Å²) in [5, 5.41) is 23.1. The zero-order chi connectivity index (χ0) is 22.7.